The van der Waals surface area contributed by atoms with Gasteiger partial charge in [-0.15, -0.1) is 5.06 Å². The van der Waals surface area contributed by atoms with E-state index in [1.807, 2.05) is 24.3 Å². The molecule has 0 saturated carbocycles. The van der Waals surface area contributed by atoms with Crippen LogP contribution in [0.25, 0.3) is 0 Å². The van der Waals surface area contributed by atoms with Gasteiger partial charge in [0.1, 0.15) is 0 Å². The minimum atomic E-state index is -0.422. The lowest BCUT2D eigenvalue weighted by molar-refractivity contribution is -0.105. The van der Waals surface area contributed by atoms with Crippen LogP contribution in [0.1, 0.15) is 19.3 Å². The van der Waals surface area contributed by atoms with Gasteiger partial charge in [-0.25, -0.2) is 4.79 Å². The summed E-state index contributed by atoms with van der Waals surface area (Å²) in [6.45, 7) is 1.65. The maximum absolute atomic E-state index is 11.6. The van der Waals surface area contributed by atoms with Crippen molar-refractivity contribution < 1.29 is 9.63 Å². The van der Waals surface area contributed by atoms with Crippen LogP contribution in [-0.2, 0) is 4.84 Å². The fourth-order valence-corrected chi connectivity index (χ4v) is 2.01. The van der Waals surface area contributed by atoms with Gasteiger partial charge in [-0.1, -0.05) is 22.4 Å². The monoisotopic (exact) mass is 298 g/mol. The third-order valence-electron chi connectivity index (χ3n) is 2.62. The number of benzene rings is 1. The van der Waals surface area contributed by atoms with E-state index in [2.05, 4.69) is 21.2 Å². The molecule has 1 aromatic rings. The van der Waals surface area contributed by atoms with Gasteiger partial charge in [0.25, 0.3) is 0 Å². The summed E-state index contributed by atoms with van der Waals surface area (Å²) < 4.78 is 0.979. The second-order valence-corrected chi connectivity index (χ2v) is 4.92. The number of carbonyl (C=O) groups excluding carboxylic acids is 1. The van der Waals surface area contributed by atoms with E-state index in [4.69, 9.17) is 4.84 Å². The normalized spacial score (nSPS) is 16.5. The van der Waals surface area contributed by atoms with Crippen molar-refractivity contribution in [3.63, 3.8) is 0 Å². The molecule has 5 heteroatoms. The second-order valence-electron chi connectivity index (χ2n) is 4.00. The zero-order valence-corrected chi connectivity index (χ0v) is 11.1. The summed E-state index contributed by atoms with van der Waals surface area (Å²) in [6.07, 6.45) is 2.97. The topological polar surface area (TPSA) is 41.6 Å². The van der Waals surface area contributed by atoms with Gasteiger partial charge in [-0.3, -0.25) is 5.32 Å². The first-order chi connectivity index (χ1) is 8.24. The fourth-order valence-electron chi connectivity index (χ4n) is 1.75. The molecular formula is C12H15BrN2O2. The van der Waals surface area contributed by atoms with E-state index in [1.165, 1.54) is 6.42 Å². The number of anilines is 1. The Kier molecular flexibility index (Phi) is 4.39. The average Bonchev–Trinajstić information content (AvgIpc) is 2.33. The van der Waals surface area contributed by atoms with Crippen molar-refractivity contribution >= 4 is 27.7 Å². The standard InChI is InChI=1S/C12H15BrN2O2/c13-10-4-6-11(7-5-10)14-12(16)17-15-8-2-1-3-9-15/h4-7H,1-3,8-9H2,(H,14,16). The van der Waals surface area contributed by atoms with Crippen molar-refractivity contribution in [2.24, 2.45) is 0 Å². The lowest BCUT2D eigenvalue weighted by Gasteiger charge is -2.24. The van der Waals surface area contributed by atoms with Crippen molar-refractivity contribution in [1.82, 2.24) is 5.06 Å². The Balaban J connectivity index is 1.82. The quantitative estimate of drug-likeness (QED) is 0.910. The number of nitrogens with zero attached hydrogens (tertiary/aromatic N) is 1. The summed E-state index contributed by atoms with van der Waals surface area (Å²) in [4.78, 5) is 16.8. The molecule has 1 aromatic carbocycles. The lowest BCUT2D eigenvalue weighted by atomic mass is 10.2. The Morgan fingerprint density at radius 2 is 1.82 bits per heavy atom. The van der Waals surface area contributed by atoms with Crippen molar-refractivity contribution in [1.29, 1.82) is 0 Å². The van der Waals surface area contributed by atoms with Crippen LogP contribution in [0.2, 0.25) is 0 Å². The third-order valence-corrected chi connectivity index (χ3v) is 3.15. The molecule has 1 saturated heterocycles. The predicted octanol–water partition coefficient (Wildman–Crippen LogP) is 3.40. The number of rotatable bonds is 2. The summed E-state index contributed by atoms with van der Waals surface area (Å²) in [5.74, 6) is 0. The summed E-state index contributed by atoms with van der Waals surface area (Å²) in [5, 5.41) is 4.41. The van der Waals surface area contributed by atoms with E-state index in [0.717, 1.165) is 36.1 Å². The number of piperidine rings is 1. The number of hydrogen-bond donors (Lipinski definition) is 1. The highest BCUT2D eigenvalue weighted by Crippen LogP contribution is 2.15. The molecule has 1 aliphatic heterocycles. The van der Waals surface area contributed by atoms with Crippen LogP contribution < -0.4 is 5.32 Å². The maximum atomic E-state index is 11.6. The number of carbonyl (C=O) groups is 1. The van der Waals surface area contributed by atoms with Crippen LogP contribution in [0.15, 0.2) is 28.7 Å². The Bertz CT molecular complexity index is 375. The van der Waals surface area contributed by atoms with E-state index in [0.29, 0.717) is 0 Å². The number of nitrogens with one attached hydrogen (secondary N) is 1. The zero-order valence-electron chi connectivity index (χ0n) is 9.49. The SMILES string of the molecule is O=C(Nc1ccc(Br)cc1)ON1CCCCC1. The van der Waals surface area contributed by atoms with Crippen molar-refractivity contribution in [3.8, 4) is 0 Å². The molecule has 17 heavy (non-hydrogen) atoms. The first-order valence-electron chi connectivity index (χ1n) is 5.73. The first kappa shape index (κ1) is 12.4. The number of hydroxylamine groups is 2. The zero-order chi connectivity index (χ0) is 12.1. The Morgan fingerprint density at radius 3 is 2.47 bits per heavy atom. The number of halogens is 1. The van der Waals surface area contributed by atoms with Gasteiger partial charge in [0.05, 0.1) is 0 Å². The highest BCUT2D eigenvalue weighted by atomic mass is 79.9. The molecule has 0 aromatic heterocycles. The van der Waals surface area contributed by atoms with Crippen molar-refractivity contribution in [2.45, 2.75) is 19.3 Å². The number of hydrogen-bond acceptors (Lipinski definition) is 3. The molecule has 0 radical (unpaired) electrons. The van der Waals surface area contributed by atoms with Crippen LogP contribution in [-0.4, -0.2) is 24.2 Å². The van der Waals surface area contributed by atoms with Gasteiger partial charge in [0.15, 0.2) is 0 Å². The molecule has 1 heterocycles. The van der Waals surface area contributed by atoms with Gasteiger partial charge in [-0.2, -0.15) is 0 Å². The second kappa shape index (κ2) is 6.02. The molecule has 0 atom stereocenters. The van der Waals surface area contributed by atoms with Gasteiger partial charge < -0.3 is 4.84 Å². The molecule has 1 N–H and O–H groups in total. The van der Waals surface area contributed by atoms with Gasteiger partial charge in [0, 0.05) is 23.2 Å². The molecular weight excluding hydrogens is 284 g/mol. The first-order valence-corrected chi connectivity index (χ1v) is 6.53. The number of amides is 1. The highest BCUT2D eigenvalue weighted by Gasteiger charge is 2.14. The third kappa shape index (κ3) is 4.02. The van der Waals surface area contributed by atoms with E-state index in [-0.39, 0.29) is 0 Å². The van der Waals surface area contributed by atoms with Gasteiger partial charge in [-0.05, 0) is 37.1 Å². The molecule has 0 bridgehead atoms. The molecule has 2 rings (SSSR count). The minimum Gasteiger partial charge on any atom is -0.351 e. The summed E-state index contributed by atoms with van der Waals surface area (Å²) >= 11 is 3.34. The van der Waals surface area contributed by atoms with Crippen LogP contribution >= 0.6 is 15.9 Å². The van der Waals surface area contributed by atoms with Crippen LogP contribution in [0, 0.1) is 0 Å². The van der Waals surface area contributed by atoms with E-state index < -0.39 is 6.09 Å². The minimum absolute atomic E-state index is 0.422. The molecule has 0 unspecified atom stereocenters. The van der Waals surface area contributed by atoms with Crippen LogP contribution in [0.3, 0.4) is 0 Å². The van der Waals surface area contributed by atoms with E-state index >= 15 is 0 Å². The van der Waals surface area contributed by atoms with Crippen molar-refractivity contribution in [2.75, 3.05) is 18.4 Å². The summed E-state index contributed by atoms with van der Waals surface area (Å²) in [6, 6.07) is 7.39. The molecule has 0 aliphatic carbocycles. The summed E-state index contributed by atoms with van der Waals surface area (Å²) in [5.41, 5.74) is 0.732. The lowest BCUT2D eigenvalue weighted by Crippen LogP contribution is -2.34. The van der Waals surface area contributed by atoms with Gasteiger partial charge in [0.2, 0.25) is 0 Å². The largest absolute Gasteiger partial charge is 0.430 e. The molecule has 92 valence electrons. The molecule has 1 fully saturated rings. The van der Waals surface area contributed by atoms with Gasteiger partial charge >= 0.3 is 6.09 Å². The van der Waals surface area contributed by atoms with E-state index in [1.54, 1.807) is 5.06 Å². The molecule has 0 spiro atoms. The Labute approximate surface area is 109 Å². The molecule has 1 amide bonds. The predicted molar refractivity (Wildman–Crippen MR) is 69.7 cm³/mol. The Morgan fingerprint density at radius 1 is 1.18 bits per heavy atom. The average molecular weight is 299 g/mol. The molecule has 4 nitrogen and oxygen atoms in total. The highest BCUT2D eigenvalue weighted by molar-refractivity contribution is 9.10. The van der Waals surface area contributed by atoms with Crippen molar-refractivity contribution in [3.05, 3.63) is 28.7 Å². The fraction of sp³-hybridized carbons (Fsp3) is 0.417. The summed E-state index contributed by atoms with van der Waals surface area (Å²) in [7, 11) is 0. The van der Waals surface area contributed by atoms with Crippen LogP contribution in [0.5, 0.6) is 0 Å². The maximum Gasteiger partial charge on any atom is 0.430 e. The van der Waals surface area contributed by atoms with Crippen LogP contribution in [0.4, 0.5) is 10.5 Å². The molecule has 1 aliphatic rings. The Hall–Kier alpha value is -1.07. The smallest absolute Gasteiger partial charge is 0.351 e. The van der Waals surface area contributed by atoms with E-state index in [9.17, 15) is 4.79 Å².